The van der Waals surface area contributed by atoms with Gasteiger partial charge in [0.1, 0.15) is 11.5 Å². The summed E-state index contributed by atoms with van der Waals surface area (Å²) in [5, 5.41) is 19.4. The summed E-state index contributed by atoms with van der Waals surface area (Å²) in [4.78, 5) is 10.1. The molecule has 0 spiro atoms. The minimum atomic E-state index is -0.479. The van der Waals surface area contributed by atoms with Crippen LogP contribution in [0.15, 0.2) is 60.7 Å². The van der Waals surface area contributed by atoms with Crippen LogP contribution in [0.3, 0.4) is 0 Å². The van der Waals surface area contributed by atoms with E-state index in [9.17, 15) is 10.1 Å². The normalized spacial score (nSPS) is 10.7. The lowest BCUT2D eigenvalue weighted by Gasteiger charge is -2.08. The average Bonchev–Trinajstić information content (AvgIpc) is 2.48. The molecular weight excluding hydrogens is 256 g/mol. The molecule has 0 aliphatic carbocycles. The molecule has 2 aromatic carbocycles. The monoisotopic (exact) mass is 266 g/mol. The molecule has 0 fully saturated rings. The van der Waals surface area contributed by atoms with Crippen LogP contribution in [-0.4, -0.2) is 4.92 Å². The van der Waals surface area contributed by atoms with E-state index in [1.54, 1.807) is 0 Å². The van der Waals surface area contributed by atoms with Gasteiger partial charge in [0.05, 0.1) is 17.1 Å². The van der Waals surface area contributed by atoms with Crippen molar-refractivity contribution in [2.75, 3.05) is 0 Å². The third kappa shape index (κ3) is 3.21. The van der Waals surface area contributed by atoms with Crippen molar-refractivity contribution < 1.29 is 9.66 Å². The summed E-state index contributed by atoms with van der Waals surface area (Å²) >= 11 is 0. The Kier molecular flexibility index (Phi) is 4.10. The highest BCUT2D eigenvalue weighted by molar-refractivity contribution is 5.64. The van der Waals surface area contributed by atoms with Gasteiger partial charge in [0.15, 0.2) is 0 Å². The number of ether oxygens (including phenoxy) is 1. The first-order valence-electron chi connectivity index (χ1n) is 5.78. The van der Waals surface area contributed by atoms with Crippen LogP contribution in [0, 0.1) is 21.4 Å². The van der Waals surface area contributed by atoms with Crippen molar-refractivity contribution in [2.24, 2.45) is 0 Å². The van der Waals surface area contributed by atoms with Crippen molar-refractivity contribution in [1.82, 2.24) is 0 Å². The van der Waals surface area contributed by atoms with Crippen molar-refractivity contribution in [3.8, 4) is 11.8 Å². The second kappa shape index (κ2) is 6.16. The predicted octanol–water partition coefficient (Wildman–Crippen LogP) is 3.54. The zero-order chi connectivity index (χ0) is 14.4. The van der Waals surface area contributed by atoms with Crippen LogP contribution in [0.25, 0.3) is 5.76 Å². The molecule has 0 atom stereocenters. The van der Waals surface area contributed by atoms with Crippen LogP contribution in [0.5, 0.6) is 5.75 Å². The van der Waals surface area contributed by atoms with Gasteiger partial charge in [-0.15, -0.1) is 0 Å². The van der Waals surface area contributed by atoms with Crippen LogP contribution >= 0.6 is 0 Å². The first kappa shape index (κ1) is 13.3. The second-order valence-electron chi connectivity index (χ2n) is 3.86. The average molecular weight is 266 g/mol. The SMILES string of the molecule is N#C/C=C(/Oc1ccc([N+](=O)[O-])cc1)c1ccccc1. The number of nitrogens with zero attached hydrogens (tertiary/aromatic N) is 2. The third-order valence-corrected chi connectivity index (χ3v) is 2.53. The molecule has 0 saturated carbocycles. The highest BCUT2D eigenvalue weighted by Crippen LogP contribution is 2.23. The van der Waals surface area contributed by atoms with E-state index in [0.29, 0.717) is 11.5 Å². The van der Waals surface area contributed by atoms with E-state index < -0.39 is 4.92 Å². The zero-order valence-corrected chi connectivity index (χ0v) is 10.4. The number of nitro groups is 1. The number of nitro benzene ring substituents is 1. The quantitative estimate of drug-likeness (QED) is 0.367. The van der Waals surface area contributed by atoms with E-state index in [4.69, 9.17) is 10.00 Å². The van der Waals surface area contributed by atoms with Gasteiger partial charge in [-0.3, -0.25) is 10.1 Å². The van der Waals surface area contributed by atoms with Crippen molar-refractivity contribution in [3.63, 3.8) is 0 Å². The first-order valence-corrected chi connectivity index (χ1v) is 5.78. The fourth-order valence-electron chi connectivity index (χ4n) is 1.60. The van der Waals surface area contributed by atoms with E-state index in [0.717, 1.165) is 5.56 Å². The van der Waals surface area contributed by atoms with E-state index in [1.165, 1.54) is 30.3 Å². The molecule has 2 aromatic rings. The Morgan fingerprint density at radius 2 is 1.80 bits per heavy atom. The molecule has 0 amide bonds. The fraction of sp³-hybridized carbons (Fsp3) is 0. The Labute approximate surface area is 115 Å². The van der Waals surface area contributed by atoms with Gasteiger partial charge < -0.3 is 4.74 Å². The lowest BCUT2D eigenvalue weighted by Crippen LogP contribution is -1.95. The van der Waals surface area contributed by atoms with Gasteiger partial charge in [0.25, 0.3) is 5.69 Å². The number of nitriles is 1. The highest BCUT2D eigenvalue weighted by Gasteiger charge is 2.07. The number of non-ortho nitro benzene ring substituents is 1. The van der Waals surface area contributed by atoms with E-state index in [-0.39, 0.29) is 5.69 Å². The van der Waals surface area contributed by atoms with Gasteiger partial charge in [-0.2, -0.15) is 5.26 Å². The smallest absolute Gasteiger partial charge is 0.269 e. The van der Waals surface area contributed by atoms with Gasteiger partial charge in [0.2, 0.25) is 0 Å². The lowest BCUT2D eigenvalue weighted by atomic mass is 10.2. The highest BCUT2D eigenvalue weighted by atomic mass is 16.6. The van der Waals surface area contributed by atoms with E-state index >= 15 is 0 Å². The maximum absolute atomic E-state index is 10.6. The molecule has 0 unspecified atom stereocenters. The van der Waals surface area contributed by atoms with Gasteiger partial charge in [0, 0.05) is 17.7 Å². The molecule has 0 aliphatic rings. The van der Waals surface area contributed by atoms with Crippen LogP contribution < -0.4 is 4.74 Å². The molecule has 98 valence electrons. The molecule has 5 heteroatoms. The van der Waals surface area contributed by atoms with Gasteiger partial charge in [-0.1, -0.05) is 30.3 Å². The van der Waals surface area contributed by atoms with Crippen molar-refractivity contribution in [3.05, 3.63) is 76.4 Å². The zero-order valence-electron chi connectivity index (χ0n) is 10.4. The van der Waals surface area contributed by atoms with Crippen molar-refractivity contribution in [2.45, 2.75) is 0 Å². The van der Waals surface area contributed by atoms with Crippen LogP contribution in [0.4, 0.5) is 5.69 Å². The molecule has 0 aromatic heterocycles. The Morgan fingerprint density at radius 3 is 2.35 bits per heavy atom. The molecule has 0 aliphatic heterocycles. The minimum Gasteiger partial charge on any atom is -0.456 e. The third-order valence-electron chi connectivity index (χ3n) is 2.53. The number of benzene rings is 2. The molecule has 0 saturated heterocycles. The summed E-state index contributed by atoms with van der Waals surface area (Å²) in [7, 11) is 0. The summed E-state index contributed by atoms with van der Waals surface area (Å²) in [6.07, 6.45) is 1.29. The van der Waals surface area contributed by atoms with Crippen molar-refractivity contribution >= 4 is 11.4 Å². The van der Waals surface area contributed by atoms with Crippen LogP contribution in [0.2, 0.25) is 0 Å². The van der Waals surface area contributed by atoms with Crippen LogP contribution in [-0.2, 0) is 0 Å². The van der Waals surface area contributed by atoms with Gasteiger partial charge >= 0.3 is 0 Å². The Balaban J connectivity index is 2.24. The topological polar surface area (TPSA) is 76.2 Å². The molecule has 5 nitrogen and oxygen atoms in total. The summed E-state index contributed by atoms with van der Waals surface area (Å²) < 4.78 is 5.59. The maximum Gasteiger partial charge on any atom is 0.269 e. The minimum absolute atomic E-state index is 0.0112. The summed E-state index contributed by atoms with van der Waals surface area (Å²) in [5.41, 5.74) is 0.746. The summed E-state index contributed by atoms with van der Waals surface area (Å²) in [6, 6.07) is 16.8. The Morgan fingerprint density at radius 1 is 1.15 bits per heavy atom. The van der Waals surface area contributed by atoms with E-state index in [2.05, 4.69) is 0 Å². The molecule has 20 heavy (non-hydrogen) atoms. The summed E-state index contributed by atoms with van der Waals surface area (Å²) in [6.45, 7) is 0. The largest absolute Gasteiger partial charge is 0.456 e. The van der Waals surface area contributed by atoms with Gasteiger partial charge in [-0.25, -0.2) is 0 Å². The van der Waals surface area contributed by atoms with Gasteiger partial charge in [-0.05, 0) is 12.1 Å². The summed E-state index contributed by atoms with van der Waals surface area (Å²) in [5.74, 6) is 0.822. The second-order valence-corrected chi connectivity index (χ2v) is 3.86. The van der Waals surface area contributed by atoms with E-state index in [1.807, 2.05) is 36.4 Å². The molecule has 0 bridgehead atoms. The first-order chi connectivity index (χ1) is 9.70. The Hall–Kier alpha value is -3.13. The molecular formula is C15H10N2O3. The number of rotatable bonds is 4. The number of hydrogen-bond donors (Lipinski definition) is 0. The maximum atomic E-state index is 10.6. The molecule has 0 N–H and O–H groups in total. The lowest BCUT2D eigenvalue weighted by molar-refractivity contribution is -0.384. The fourth-order valence-corrected chi connectivity index (χ4v) is 1.60. The predicted molar refractivity (Wildman–Crippen MR) is 73.8 cm³/mol. The standard InChI is InChI=1S/C15H10N2O3/c16-11-10-15(12-4-2-1-3-5-12)20-14-8-6-13(7-9-14)17(18)19/h1-10H/b15-10+. The van der Waals surface area contributed by atoms with Crippen LogP contribution in [0.1, 0.15) is 5.56 Å². The molecule has 0 radical (unpaired) electrons. The van der Waals surface area contributed by atoms with Crippen molar-refractivity contribution in [1.29, 1.82) is 5.26 Å². The number of hydrogen-bond acceptors (Lipinski definition) is 4. The number of allylic oxidation sites excluding steroid dienone is 1. The molecule has 2 rings (SSSR count). The molecule has 0 heterocycles. The Bertz CT molecular complexity index is 671.